The van der Waals surface area contributed by atoms with Crippen LogP contribution in [0.25, 0.3) is 21.8 Å². The van der Waals surface area contributed by atoms with Crippen LogP contribution in [0.2, 0.25) is 0 Å². The highest BCUT2D eigenvalue weighted by Gasteiger charge is 2.13. The van der Waals surface area contributed by atoms with E-state index in [1.54, 1.807) is 0 Å². The molecule has 0 saturated heterocycles. The molecule has 5 heteroatoms. The summed E-state index contributed by atoms with van der Waals surface area (Å²) >= 11 is 0. The maximum absolute atomic E-state index is 12.2. The third-order valence-corrected chi connectivity index (χ3v) is 4.73. The number of H-pyrrole nitrogens is 1. The maximum atomic E-state index is 12.2. The molecule has 1 aromatic heterocycles. The average molecular weight is 365 g/mol. The van der Waals surface area contributed by atoms with Crippen LogP contribution in [-0.4, -0.2) is 16.8 Å². The zero-order valence-electron chi connectivity index (χ0n) is 16.0. The van der Waals surface area contributed by atoms with Crippen molar-refractivity contribution in [3.63, 3.8) is 0 Å². The Hall–Kier alpha value is -2.82. The number of carbonyl (C=O) groups is 2. The van der Waals surface area contributed by atoms with E-state index in [9.17, 15) is 9.59 Å². The molecule has 0 atom stereocenters. The predicted molar refractivity (Wildman–Crippen MR) is 112 cm³/mol. The van der Waals surface area contributed by atoms with Crippen molar-refractivity contribution in [2.24, 2.45) is 0 Å². The number of nitrogens with one attached hydrogen (secondary N) is 3. The lowest BCUT2D eigenvalue weighted by Gasteiger charge is -2.06. The normalized spacial score (nSPS) is 11.0. The Bertz CT molecular complexity index is 883. The summed E-state index contributed by atoms with van der Waals surface area (Å²) in [7, 11) is 0. The second kappa shape index (κ2) is 8.71. The summed E-state index contributed by atoms with van der Waals surface area (Å²) in [5, 5.41) is 8.08. The zero-order chi connectivity index (χ0) is 19.2. The van der Waals surface area contributed by atoms with Gasteiger partial charge in [0.15, 0.2) is 0 Å². The van der Waals surface area contributed by atoms with Crippen LogP contribution in [0, 0.1) is 0 Å². The van der Waals surface area contributed by atoms with Gasteiger partial charge in [-0.3, -0.25) is 9.59 Å². The Morgan fingerprint density at radius 1 is 0.778 bits per heavy atom. The maximum Gasteiger partial charge on any atom is 0.224 e. The van der Waals surface area contributed by atoms with Gasteiger partial charge in [0, 0.05) is 23.6 Å². The molecule has 27 heavy (non-hydrogen) atoms. The summed E-state index contributed by atoms with van der Waals surface area (Å²) in [6.07, 6.45) is 4.78. The molecule has 1 heterocycles. The summed E-state index contributed by atoms with van der Waals surface area (Å²) < 4.78 is 0. The van der Waals surface area contributed by atoms with Crippen molar-refractivity contribution >= 4 is 45.0 Å². The first-order valence-electron chi connectivity index (χ1n) is 9.77. The van der Waals surface area contributed by atoms with E-state index in [1.807, 2.05) is 36.4 Å². The van der Waals surface area contributed by atoms with Gasteiger partial charge in [-0.1, -0.05) is 51.0 Å². The average Bonchev–Trinajstić information content (AvgIpc) is 3.06. The largest absolute Gasteiger partial charge is 0.351 e. The molecule has 3 N–H and O–H groups in total. The number of carbonyl (C=O) groups excluding carboxylic acids is 2. The van der Waals surface area contributed by atoms with Gasteiger partial charge in [-0.15, -0.1) is 0 Å². The van der Waals surface area contributed by atoms with Gasteiger partial charge in [-0.25, -0.2) is 0 Å². The van der Waals surface area contributed by atoms with E-state index in [2.05, 4.69) is 29.5 Å². The van der Waals surface area contributed by atoms with Gasteiger partial charge in [-0.05, 0) is 25.0 Å². The fourth-order valence-corrected chi connectivity index (χ4v) is 3.26. The number of anilines is 2. The highest BCUT2D eigenvalue weighted by Crippen LogP contribution is 2.34. The number of unbranched alkanes of at least 4 members (excludes halogenated alkanes) is 2. The molecule has 0 unspecified atom stereocenters. The van der Waals surface area contributed by atoms with E-state index in [1.165, 1.54) is 0 Å². The van der Waals surface area contributed by atoms with Gasteiger partial charge in [0.1, 0.15) is 0 Å². The smallest absolute Gasteiger partial charge is 0.224 e. The molecule has 0 spiro atoms. The minimum atomic E-state index is 0.0242. The molecule has 0 fully saturated rings. The quantitative estimate of drug-likeness (QED) is 0.487. The second-order valence-electron chi connectivity index (χ2n) is 6.88. The standard InChI is InChI=1S/C22H27N3O2/c1-3-5-13-19(26)23-17-11-7-9-15-16-10-8-12-18(22(16)25-21(15)17)24-20(27)14-6-4-2/h7-12,25H,3-6,13-14H2,1-2H3,(H,23,26)(H,24,27). The number of para-hydroxylation sites is 2. The fraction of sp³-hybridized carbons (Fsp3) is 0.364. The number of fused-ring (bicyclic) bond motifs is 3. The molecule has 0 aliphatic rings. The number of amides is 2. The zero-order valence-corrected chi connectivity index (χ0v) is 16.0. The van der Waals surface area contributed by atoms with Gasteiger partial charge in [0.05, 0.1) is 22.4 Å². The molecule has 0 aliphatic heterocycles. The molecule has 2 amide bonds. The van der Waals surface area contributed by atoms with Crippen molar-refractivity contribution in [2.45, 2.75) is 52.4 Å². The van der Waals surface area contributed by atoms with Crippen molar-refractivity contribution in [1.82, 2.24) is 4.98 Å². The van der Waals surface area contributed by atoms with E-state index in [0.717, 1.165) is 58.9 Å². The van der Waals surface area contributed by atoms with Gasteiger partial charge < -0.3 is 15.6 Å². The molecule has 142 valence electrons. The van der Waals surface area contributed by atoms with Crippen molar-refractivity contribution in [2.75, 3.05) is 10.6 Å². The number of aromatic amines is 1. The fourth-order valence-electron chi connectivity index (χ4n) is 3.26. The number of hydrogen-bond donors (Lipinski definition) is 3. The van der Waals surface area contributed by atoms with Gasteiger partial charge in [-0.2, -0.15) is 0 Å². The third-order valence-electron chi connectivity index (χ3n) is 4.73. The lowest BCUT2D eigenvalue weighted by molar-refractivity contribution is -0.117. The number of hydrogen-bond acceptors (Lipinski definition) is 2. The second-order valence-corrected chi connectivity index (χ2v) is 6.88. The Balaban J connectivity index is 1.95. The van der Waals surface area contributed by atoms with Crippen LogP contribution < -0.4 is 10.6 Å². The minimum Gasteiger partial charge on any atom is -0.351 e. The van der Waals surface area contributed by atoms with Crippen LogP contribution in [0.4, 0.5) is 11.4 Å². The van der Waals surface area contributed by atoms with Gasteiger partial charge in [0.2, 0.25) is 11.8 Å². The van der Waals surface area contributed by atoms with E-state index >= 15 is 0 Å². The molecule has 3 rings (SSSR count). The van der Waals surface area contributed by atoms with Crippen molar-refractivity contribution in [3.8, 4) is 0 Å². The lowest BCUT2D eigenvalue weighted by atomic mass is 10.1. The molecule has 0 saturated carbocycles. The first-order valence-corrected chi connectivity index (χ1v) is 9.77. The third kappa shape index (κ3) is 4.30. The first-order chi connectivity index (χ1) is 13.1. The number of benzene rings is 2. The van der Waals surface area contributed by atoms with Gasteiger partial charge >= 0.3 is 0 Å². The summed E-state index contributed by atoms with van der Waals surface area (Å²) in [5.74, 6) is 0.0483. The van der Waals surface area contributed by atoms with Crippen molar-refractivity contribution in [3.05, 3.63) is 36.4 Å². The molecular weight excluding hydrogens is 338 g/mol. The summed E-state index contributed by atoms with van der Waals surface area (Å²) in [5.41, 5.74) is 3.31. The van der Waals surface area contributed by atoms with Crippen molar-refractivity contribution < 1.29 is 9.59 Å². The highest BCUT2D eigenvalue weighted by molar-refractivity contribution is 6.16. The SMILES string of the molecule is CCCCC(=O)Nc1cccc2c1[nH]c1c(NC(=O)CCCC)cccc12. The van der Waals surface area contributed by atoms with Crippen LogP contribution in [-0.2, 0) is 9.59 Å². The lowest BCUT2D eigenvalue weighted by Crippen LogP contribution is -2.11. The Kier molecular flexibility index (Phi) is 6.12. The minimum absolute atomic E-state index is 0.0242. The van der Waals surface area contributed by atoms with E-state index in [0.29, 0.717) is 12.8 Å². The van der Waals surface area contributed by atoms with Crippen LogP contribution in [0.5, 0.6) is 0 Å². The van der Waals surface area contributed by atoms with Crippen LogP contribution in [0.15, 0.2) is 36.4 Å². The van der Waals surface area contributed by atoms with Crippen LogP contribution >= 0.6 is 0 Å². The van der Waals surface area contributed by atoms with E-state index in [4.69, 9.17) is 0 Å². The Morgan fingerprint density at radius 2 is 1.22 bits per heavy atom. The predicted octanol–water partition coefficient (Wildman–Crippen LogP) is 5.58. The molecule has 0 aliphatic carbocycles. The van der Waals surface area contributed by atoms with Crippen LogP contribution in [0.1, 0.15) is 52.4 Å². The van der Waals surface area contributed by atoms with E-state index in [-0.39, 0.29) is 11.8 Å². The molecule has 2 aromatic carbocycles. The monoisotopic (exact) mass is 365 g/mol. The first kappa shape index (κ1) is 19.0. The van der Waals surface area contributed by atoms with Crippen molar-refractivity contribution in [1.29, 1.82) is 0 Å². The van der Waals surface area contributed by atoms with Crippen LogP contribution in [0.3, 0.4) is 0 Å². The number of rotatable bonds is 8. The number of aromatic nitrogens is 1. The summed E-state index contributed by atoms with van der Waals surface area (Å²) in [6, 6.07) is 11.7. The molecule has 3 aromatic rings. The highest BCUT2D eigenvalue weighted by atomic mass is 16.2. The van der Waals surface area contributed by atoms with E-state index < -0.39 is 0 Å². The molecule has 0 bridgehead atoms. The molecular formula is C22H27N3O2. The Morgan fingerprint density at radius 3 is 1.63 bits per heavy atom. The summed E-state index contributed by atoms with van der Waals surface area (Å²) in [4.78, 5) is 27.7. The van der Waals surface area contributed by atoms with Gasteiger partial charge in [0.25, 0.3) is 0 Å². The summed E-state index contributed by atoms with van der Waals surface area (Å²) in [6.45, 7) is 4.14. The topological polar surface area (TPSA) is 74.0 Å². The molecule has 5 nitrogen and oxygen atoms in total. The molecule has 0 radical (unpaired) electrons. The Labute approximate surface area is 159 Å².